The number of carbonyl (C=O) groups is 3. The second kappa shape index (κ2) is 4.82. The molecule has 1 fully saturated rings. The molecular weight excluding hydrogens is 226 g/mol. The van der Waals surface area contributed by atoms with E-state index in [1.165, 1.54) is 6.07 Å². The van der Waals surface area contributed by atoms with Gasteiger partial charge in [-0.15, -0.1) is 0 Å². The van der Waals surface area contributed by atoms with E-state index < -0.39 is 12.0 Å². The summed E-state index contributed by atoms with van der Waals surface area (Å²) < 4.78 is 9.99. The van der Waals surface area contributed by atoms with E-state index in [9.17, 15) is 14.4 Å². The first-order valence-electron chi connectivity index (χ1n) is 5.19. The maximum absolute atomic E-state index is 11.5. The molecule has 0 bridgehead atoms. The molecule has 1 amide bonds. The van der Waals surface area contributed by atoms with Crippen molar-refractivity contribution < 1.29 is 23.5 Å². The number of rotatable bonds is 4. The molecule has 0 aliphatic carbocycles. The van der Waals surface area contributed by atoms with Crippen LogP contribution in [0.2, 0.25) is 0 Å². The molecular formula is C11H11NO5. The Balaban J connectivity index is 1.83. The van der Waals surface area contributed by atoms with Crippen LogP contribution < -0.4 is 5.32 Å². The van der Waals surface area contributed by atoms with Crippen molar-refractivity contribution >= 4 is 18.2 Å². The maximum atomic E-state index is 11.5. The third-order valence-corrected chi connectivity index (χ3v) is 2.44. The highest BCUT2D eigenvalue weighted by Crippen LogP contribution is 2.11. The number of aldehydes is 1. The van der Waals surface area contributed by atoms with E-state index in [0.29, 0.717) is 24.9 Å². The summed E-state index contributed by atoms with van der Waals surface area (Å²) >= 11 is 0. The zero-order chi connectivity index (χ0) is 12.3. The monoisotopic (exact) mass is 237 g/mol. The van der Waals surface area contributed by atoms with Crippen LogP contribution in [0.4, 0.5) is 0 Å². The molecule has 2 rings (SSSR count). The van der Waals surface area contributed by atoms with Crippen LogP contribution in [0.3, 0.4) is 0 Å². The highest BCUT2D eigenvalue weighted by Gasteiger charge is 2.28. The van der Waals surface area contributed by atoms with E-state index in [1.54, 1.807) is 6.07 Å². The van der Waals surface area contributed by atoms with Gasteiger partial charge in [-0.05, 0) is 18.6 Å². The van der Waals surface area contributed by atoms with Gasteiger partial charge in [-0.2, -0.15) is 0 Å². The Morgan fingerprint density at radius 1 is 1.59 bits per heavy atom. The maximum Gasteiger partial charge on any atom is 0.329 e. The number of furan rings is 1. The van der Waals surface area contributed by atoms with E-state index >= 15 is 0 Å². The van der Waals surface area contributed by atoms with Gasteiger partial charge in [0.2, 0.25) is 5.91 Å². The van der Waals surface area contributed by atoms with Gasteiger partial charge in [-0.1, -0.05) is 0 Å². The van der Waals surface area contributed by atoms with Crippen molar-refractivity contribution in [2.45, 2.75) is 25.5 Å². The summed E-state index contributed by atoms with van der Waals surface area (Å²) in [4.78, 5) is 32.7. The number of nitrogens with one attached hydrogen (secondary N) is 1. The molecule has 0 aromatic carbocycles. The van der Waals surface area contributed by atoms with Crippen LogP contribution in [-0.2, 0) is 20.9 Å². The first kappa shape index (κ1) is 11.4. The summed E-state index contributed by atoms with van der Waals surface area (Å²) in [6.45, 7) is -0.0426. The Hall–Kier alpha value is -2.11. The fraction of sp³-hybridized carbons (Fsp3) is 0.364. The first-order chi connectivity index (χ1) is 8.19. The van der Waals surface area contributed by atoms with Gasteiger partial charge in [0.25, 0.3) is 0 Å². The average molecular weight is 237 g/mol. The Kier molecular flexibility index (Phi) is 3.22. The Bertz CT molecular complexity index is 450. The minimum absolute atomic E-state index is 0.0426. The lowest BCUT2D eigenvalue weighted by atomic mass is 10.2. The number of amides is 1. The molecule has 1 atom stereocenters. The van der Waals surface area contributed by atoms with Crippen LogP contribution in [-0.4, -0.2) is 24.2 Å². The van der Waals surface area contributed by atoms with Gasteiger partial charge in [0.15, 0.2) is 12.0 Å². The fourth-order valence-corrected chi connectivity index (χ4v) is 1.57. The Morgan fingerprint density at radius 3 is 3.00 bits per heavy atom. The molecule has 0 unspecified atom stereocenters. The van der Waals surface area contributed by atoms with Crippen LogP contribution in [0, 0.1) is 0 Å². The second-order valence-electron chi connectivity index (χ2n) is 3.69. The van der Waals surface area contributed by atoms with Crippen molar-refractivity contribution in [3.05, 3.63) is 23.7 Å². The molecule has 6 nitrogen and oxygen atoms in total. The molecule has 0 spiro atoms. The predicted molar refractivity (Wildman–Crippen MR) is 55.1 cm³/mol. The number of esters is 1. The number of hydrogen-bond acceptors (Lipinski definition) is 5. The molecule has 1 aliphatic heterocycles. The van der Waals surface area contributed by atoms with Crippen LogP contribution in [0.1, 0.15) is 29.2 Å². The lowest BCUT2D eigenvalue weighted by molar-refractivity contribution is -0.148. The zero-order valence-electron chi connectivity index (χ0n) is 8.97. The predicted octanol–water partition coefficient (Wildman–Crippen LogP) is 0.414. The smallest absolute Gasteiger partial charge is 0.329 e. The van der Waals surface area contributed by atoms with Gasteiger partial charge in [-0.3, -0.25) is 9.59 Å². The topological polar surface area (TPSA) is 85.6 Å². The van der Waals surface area contributed by atoms with Crippen molar-refractivity contribution in [3.8, 4) is 0 Å². The van der Waals surface area contributed by atoms with E-state index in [2.05, 4.69) is 5.32 Å². The first-order valence-corrected chi connectivity index (χ1v) is 5.19. The van der Waals surface area contributed by atoms with E-state index in [0.717, 1.165) is 0 Å². The molecule has 0 radical (unpaired) electrons. The molecule has 17 heavy (non-hydrogen) atoms. The molecule has 6 heteroatoms. The molecule has 1 aliphatic rings. The van der Waals surface area contributed by atoms with Gasteiger partial charge < -0.3 is 14.5 Å². The Morgan fingerprint density at radius 2 is 2.41 bits per heavy atom. The minimum atomic E-state index is -0.567. The molecule has 1 saturated heterocycles. The van der Waals surface area contributed by atoms with E-state index in [-0.39, 0.29) is 18.3 Å². The minimum Gasteiger partial charge on any atom is -0.456 e. The highest BCUT2D eigenvalue weighted by atomic mass is 16.5. The standard InChI is InChI=1S/C11H11NO5/c13-5-7-1-2-8(17-7)6-16-11(15)9-3-4-10(14)12-9/h1-2,5,9H,3-4,6H2,(H,12,14)/t9-/m1/s1. The summed E-state index contributed by atoms with van der Waals surface area (Å²) in [5.41, 5.74) is 0. The molecule has 1 aromatic rings. The van der Waals surface area contributed by atoms with Crippen molar-refractivity contribution in [2.75, 3.05) is 0 Å². The van der Waals surface area contributed by atoms with Gasteiger partial charge in [0, 0.05) is 6.42 Å². The van der Waals surface area contributed by atoms with Crippen molar-refractivity contribution in [3.63, 3.8) is 0 Å². The van der Waals surface area contributed by atoms with Crippen molar-refractivity contribution in [1.29, 1.82) is 0 Å². The molecule has 90 valence electrons. The van der Waals surface area contributed by atoms with Gasteiger partial charge in [0.1, 0.15) is 18.4 Å². The summed E-state index contributed by atoms with van der Waals surface area (Å²) in [6, 6.07) is 2.49. The van der Waals surface area contributed by atoms with Crippen LogP contribution in [0.25, 0.3) is 0 Å². The van der Waals surface area contributed by atoms with E-state index in [4.69, 9.17) is 9.15 Å². The summed E-state index contributed by atoms with van der Waals surface area (Å²) in [5.74, 6) is -0.0527. The SMILES string of the molecule is O=Cc1ccc(COC(=O)[C@H]2CCC(=O)N2)o1. The van der Waals surface area contributed by atoms with Gasteiger partial charge >= 0.3 is 5.97 Å². The van der Waals surface area contributed by atoms with Crippen LogP contribution >= 0.6 is 0 Å². The molecule has 0 saturated carbocycles. The number of hydrogen-bond donors (Lipinski definition) is 1. The van der Waals surface area contributed by atoms with E-state index in [1.807, 2.05) is 0 Å². The largest absolute Gasteiger partial charge is 0.456 e. The van der Waals surface area contributed by atoms with Crippen molar-refractivity contribution in [2.24, 2.45) is 0 Å². The fourth-order valence-electron chi connectivity index (χ4n) is 1.57. The Labute approximate surface area is 96.9 Å². The average Bonchev–Trinajstić information content (AvgIpc) is 2.94. The van der Waals surface area contributed by atoms with Gasteiger partial charge in [0.05, 0.1) is 0 Å². The van der Waals surface area contributed by atoms with Crippen LogP contribution in [0.5, 0.6) is 0 Å². The zero-order valence-corrected chi connectivity index (χ0v) is 8.97. The number of carbonyl (C=O) groups excluding carboxylic acids is 3. The number of ether oxygens (including phenoxy) is 1. The molecule has 1 N–H and O–H groups in total. The molecule has 2 heterocycles. The normalized spacial score (nSPS) is 18.8. The summed E-state index contributed by atoms with van der Waals surface area (Å²) in [5, 5.41) is 2.51. The quantitative estimate of drug-likeness (QED) is 0.605. The van der Waals surface area contributed by atoms with Crippen molar-refractivity contribution in [1.82, 2.24) is 5.32 Å². The highest BCUT2D eigenvalue weighted by molar-refractivity contribution is 5.88. The third kappa shape index (κ3) is 2.72. The van der Waals surface area contributed by atoms with Gasteiger partial charge in [-0.25, -0.2) is 4.79 Å². The molecule has 1 aromatic heterocycles. The van der Waals surface area contributed by atoms with Crippen LogP contribution in [0.15, 0.2) is 16.5 Å². The summed E-state index contributed by atoms with van der Waals surface area (Å²) in [7, 11) is 0. The summed E-state index contributed by atoms with van der Waals surface area (Å²) in [6.07, 6.45) is 1.37. The lowest BCUT2D eigenvalue weighted by Crippen LogP contribution is -2.34. The second-order valence-corrected chi connectivity index (χ2v) is 3.69. The lowest BCUT2D eigenvalue weighted by Gasteiger charge is -2.08. The third-order valence-electron chi connectivity index (χ3n) is 2.44.